The van der Waals surface area contributed by atoms with Crippen LogP contribution in [-0.2, 0) is 16.6 Å². The van der Waals surface area contributed by atoms with Crippen molar-refractivity contribution in [2.45, 2.75) is 36.2 Å². The highest BCUT2D eigenvalue weighted by Gasteiger charge is 2.17. The van der Waals surface area contributed by atoms with E-state index in [2.05, 4.69) is 17.1 Å². The van der Waals surface area contributed by atoms with Gasteiger partial charge in [-0.25, -0.2) is 18.5 Å². The zero-order chi connectivity index (χ0) is 15.5. The molecule has 0 amide bonds. The average Bonchev–Trinajstić information content (AvgIpc) is 2.84. The van der Waals surface area contributed by atoms with Crippen LogP contribution in [0.25, 0.3) is 0 Å². The number of rotatable bonds is 6. The molecule has 0 aliphatic carbocycles. The summed E-state index contributed by atoms with van der Waals surface area (Å²) in [6, 6.07) is 10.1. The fourth-order valence-corrected chi connectivity index (χ4v) is 3.33. The maximum atomic E-state index is 11.4. The van der Waals surface area contributed by atoms with Crippen LogP contribution in [0.5, 0.6) is 0 Å². The first-order valence-electron chi connectivity index (χ1n) is 6.65. The Morgan fingerprint density at radius 1 is 1.29 bits per heavy atom. The molecule has 7 heteroatoms. The molecule has 1 heterocycles. The molecule has 2 aromatic rings. The van der Waals surface area contributed by atoms with Gasteiger partial charge in [0.15, 0.2) is 5.03 Å². The summed E-state index contributed by atoms with van der Waals surface area (Å²) in [4.78, 5) is 5.34. The van der Waals surface area contributed by atoms with Crippen LogP contribution in [0.1, 0.15) is 25.6 Å². The molecule has 0 bridgehead atoms. The Balaban J connectivity index is 2.10. The summed E-state index contributed by atoms with van der Waals surface area (Å²) >= 11 is 1.72. The molecule has 0 unspecified atom stereocenters. The molecule has 1 aromatic carbocycles. The smallest absolute Gasteiger partial charge is 0.257 e. The maximum Gasteiger partial charge on any atom is 0.257 e. The molecule has 0 saturated carbocycles. The fraction of sp³-hybridized carbons (Fsp3) is 0.357. The van der Waals surface area contributed by atoms with Gasteiger partial charge in [0.25, 0.3) is 10.0 Å². The Labute approximate surface area is 129 Å². The van der Waals surface area contributed by atoms with E-state index in [0.29, 0.717) is 6.54 Å². The van der Waals surface area contributed by atoms with Gasteiger partial charge in [-0.1, -0.05) is 32.0 Å². The largest absolute Gasteiger partial charge is 0.332 e. The number of sulfonamides is 1. The number of thioether (sulfide) groups is 1. The Kier molecular flexibility index (Phi) is 5.08. The summed E-state index contributed by atoms with van der Waals surface area (Å²) in [6.07, 6.45) is 1.52. The fourth-order valence-electron chi connectivity index (χ4n) is 1.96. The number of aromatic nitrogens is 2. The van der Waals surface area contributed by atoms with Crippen molar-refractivity contribution in [3.63, 3.8) is 0 Å². The summed E-state index contributed by atoms with van der Waals surface area (Å²) in [5, 5.41) is 5.09. The first-order chi connectivity index (χ1) is 9.88. The van der Waals surface area contributed by atoms with Gasteiger partial charge in [-0.05, 0) is 12.1 Å². The van der Waals surface area contributed by atoms with Gasteiger partial charge in [0.2, 0.25) is 0 Å². The maximum absolute atomic E-state index is 11.4. The molecule has 0 aliphatic rings. The minimum absolute atomic E-state index is 0.0593. The van der Waals surface area contributed by atoms with E-state index in [1.54, 1.807) is 11.8 Å². The van der Waals surface area contributed by atoms with Crippen LogP contribution in [0, 0.1) is 0 Å². The van der Waals surface area contributed by atoms with E-state index in [4.69, 9.17) is 5.14 Å². The summed E-state index contributed by atoms with van der Waals surface area (Å²) in [5.41, 5.74) is 0. The van der Waals surface area contributed by atoms with Crippen molar-refractivity contribution in [2.24, 2.45) is 5.14 Å². The SMILES string of the molecule is CC(C)c1nc(S(N)(=O)=O)cn1CCSc1ccccc1. The molecule has 21 heavy (non-hydrogen) atoms. The van der Waals surface area contributed by atoms with Gasteiger partial charge in [-0.2, -0.15) is 0 Å². The van der Waals surface area contributed by atoms with Gasteiger partial charge in [-0.3, -0.25) is 0 Å². The lowest BCUT2D eigenvalue weighted by Crippen LogP contribution is -2.12. The van der Waals surface area contributed by atoms with Gasteiger partial charge in [0, 0.05) is 29.3 Å². The zero-order valence-corrected chi connectivity index (χ0v) is 13.7. The van der Waals surface area contributed by atoms with Gasteiger partial charge in [-0.15, -0.1) is 11.8 Å². The van der Waals surface area contributed by atoms with Crippen LogP contribution in [0.3, 0.4) is 0 Å². The second-order valence-corrected chi connectivity index (χ2v) is 7.67. The predicted octanol–water partition coefficient (Wildman–Crippen LogP) is 2.45. The molecule has 0 fully saturated rings. The van der Waals surface area contributed by atoms with E-state index < -0.39 is 10.0 Å². The number of aryl methyl sites for hydroxylation is 1. The quantitative estimate of drug-likeness (QED) is 0.828. The number of hydrogen-bond donors (Lipinski definition) is 1. The third-order valence-electron chi connectivity index (χ3n) is 2.94. The van der Waals surface area contributed by atoms with Crippen molar-refractivity contribution in [1.29, 1.82) is 0 Å². The molecule has 0 spiro atoms. The highest BCUT2D eigenvalue weighted by molar-refractivity contribution is 7.99. The van der Waals surface area contributed by atoms with Crippen LogP contribution >= 0.6 is 11.8 Å². The number of nitrogens with two attached hydrogens (primary N) is 1. The first-order valence-corrected chi connectivity index (χ1v) is 9.19. The van der Waals surface area contributed by atoms with E-state index in [9.17, 15) is 8.42 Å². The monoisotopic (exact) mass is 325 g/mol. The summed E-state index contributed by atoms with van der Waals surface area (Å²) in [6.45, 7) is 4.65. The van der Waals surface area contributed by atoms with Crippen molar-refractivity contribution < 1.29 is 8.42 Å². The van der Waals surface area contributed by atoms with Crippen molar-refractivity contribution in [1.82, 2.24) is 9.55 Å². The van der Waals surface area contributed by atoms with E-state index in [-0.39, 0.29) is 10.9 Å². The summed E-state index contributed by atoms with van der Waals surface area (Å²) in [5.74, 6) is 1.72. The molecule has 2 N–H and O–H groups in total. The highest BCUT2D eigenvalue weighted by Crippen LogP contribution is 2.20. The summed E-state index contributed by atoms with van der Waals surface area (Å²) in [7, 11) is -3.75. The van der Waals surface area contributed by atoms with Crippen LogP contribution in [0.15, 0.2) is 46.5 Å². The average molecular weight is 325 g/mol. The lowest BCUT2D eigenvalue weighted by molar-refractivity contribution is 0.594. The van der Waals surface area contributed by atoms with Crippen molar-refractivity contribution in [3.05, 3.63) is 42.4 Å². The number of primary sulfonamides is 1. The van der Waals surface area contributed by atoms with E-state index in [0.717, 1.165) is 11.6 Å². The van der Waals surface area contributed by atoms with Crippen LogP contribution in [-0.4, -0.2) is 23.7 Å². The van der Waals surface area contributed by atoms with Crippen molar-refractivity contribution in [2.75, 3.05) is 5.75 Å². The molecule has 0 aliphatic heterocycles. The van der Waals surface area contributed by atoms with Gasteiger partial charge < -0.3 is 4.57 Å². The number of benzene rings is 1. The molecule has 0 atom stereocenters. The molecule has 0 radical (unpaired) electrons. The third-order valence-corrected chi connectivity index (χ3v) is 4.71. The lowest BCUT2D eigenvalue weighted by Gasteiger charge is -2.09. The van der Waals surface area contributed by atoms with Crippen LogP contribution < -0.4 is 5.14 Å². The predicted molar refractivity (Wildman–Crippen MR) is 84.9 cm³/mol. The molecule has 5 nitrogen and oxygen atoms in total. The lowest BCUT2D eigenvalue weighted by atomic mass is 10.2. The minimum atomic E-state index is -3.75. The second kappa shape index (κ2) is 6.64. The topological polar surface area (TPSA) is 78.0 Å². The van der Waals surface area contributed by atoms with Crippen molar-refractivity contribution >= 4 is 21.8 Å². The van der Waals surface area contributed by atoms with E-state index >= 15 is 0 Å². The standard InChI is InChI=1S/C14H19N3O2S2/c1-11(2)14-16-13(21(15,18)19)10-17(14)8-9-20-12-6-4-3-5-7-12/h3-7,10-11H,8-9H2,1-2H3,(H2,15,18,19). The minimum Gasteiger partial charge on any atom is -0.332 e. The normalized spacial score (nSPS) is 12.0. The third kappa shape index (κ3) is 4.33. The Morgan fingerprint density at radius 3 is 2.52 bits per heavy atom. The number of nitrogens with zero attached hydrogens (tertiary/aromatic N) is 2. The highest BCUT2D eigenvalue weighted by atomic mass is 32.2. The summed E-state index contributed by atoms with van der Waals surface area (Å²) < 4.78 is 24.7. The Hall–Kier alpha value is -1.31. The molecule has 2 rings (SSSR count). The Morgan fingerprint density at radius 2 is 1.95 bits per heavy atom. The molecule has 0 saturated heterocycles. The molecule has 114 valence electrons. The van der Waals surface area contributed by atoms with Crippen LogP contribution in [0.4, 0.5) is 0 Å². The molecular formula is C14H19N3O2S2. The van der Waals surface area contributed by atoms with Gasteiger partial charge in [0.1, 0.15) is 5.82 Å². The van der Waals surface area contributed by atoms with E-state index in [1.165, 1.54) is 11.1 Å². The van der Waals surface area contributed by atoms with E-state index in [1.807, 2.05) is 36.6 Å². The van der Waals surface area contributed by atoms with Gasteiger partial charge in [0.05, 0.1) is 0 Å². The van der Waals surface area contributed by atoms with Crippen molar-refractivity contribution in [3.8, 4) is 0 Å². The van der Waals surface area contributed by atoms with Crippen LogP contribution in [0.2, 0.25) is 0 Å². The first kappa shape index (κ1) is 16.1. The Bertz CT molecular complexity index is 694. The number of imidazole rings is 1. The second-order valence-electron chi connectivity index (χ2n) is 4.99. The number of hydrogen-bond acceptors (Lipinski definition) is 4. The molecule has 1 aromatic heterocycles. The molecular weight excluding hydrogens is 306 g/mol. The van der Waals surface area contributed by atoms with Gasteiger partial charge >= 0.3 is 0 Å². The zero-order valence-electron chi connectivity index (χ0n) is 12.1.